The fourth-order valence-corrected chi connectivity index (χ4v) is 3.88. The molecular weight excluding hydrogens is 302 g/mol. The van der Waals surface area contributed by atoms with Gasteiger partial charge in [-0.25, -0.2) is 0 Å². The van der Waals surface area contributed by atoms with Crippen molar-refractivity contribution >= 4 is 5.91 Å². The summed E-state index contributed by atoms with van der Waals surface area (Å²) in [4.78, 5) is 15.0. The van der Waals surface area contributed by atoms with Crippen LogP contribution in [0.4, 0.5) is 0 Å². The van der Waals surface area contributed by atoms with E-state index in [1.807, 2.05) is 30.0 Å². The molecule has 0 unspecified atom stereocenters. The summed E-state index contributed by atoms with van der Waals surface area (Å²) in [7, 11) is 0. The van der Waals surface area contributed by atoms with Crippen molar-refractivity contribution in [3.63, 3.8) is 0 Å². The van der Waals surface area contributed by atoms with E-state index in [9.17, 15) is 4.79 Å². The van der Waals surface area contributed by atoms with Gasteiger partial charge in [-0.3, -0.25) is 9.89 Å². The standard InChI is InChI=1S/C19H23N3O2/c1-12-10-16(21-20-12)14-6-5-9-22(11-14)19(23)18-13(2)15-7-3-4-8-17(15)24-18/h3-4,7-8,10,13-14,18H,5-6,9,11H2,1-2H3,(H,20,21)/t13-,14-,18-/m1/s1. The van der Waals surface area contributed by atoms with E-state index in [-0.39, 0.29) is 11.8 Å². The number of likely N-dealkylation sites (tertiary alicyclic amines) is 1. The highest BCUT2D eigenvalue weighted by molar-refractivity contribution is 5.83. The molecule has 126 valence electrons. The van der Waals surface area contributed by atoms with Gasteiger partial charge in [-0.2, -0.15) is 5.10 Å². The number of rotatable bonds is 2. The van der Waals surface area contributed by atoms with Gasteiger partial charge < -0.3 is 9.64 Å². The van der Waals surface area contributed by atoms with Crippen molar-refractivity contribution in [2.24, 2.45) is 0 Å². The van der Waals surface area contributed by atoms with Crippen LogP contribution < -0.4 is 4.74 Å². The smallest absolute Gasteiger partial charge is 0.264 e. The Morgan fingerprint density at radius 2 is 2.21 bits per heavy atom. The molecule has 2 aliphatic rings. The van der Waals surface area contributed by atoms with Gasteiger partial charge in [0.1, 0.15) is 5.75 Å². The number of fused-ring (bicyclic) bond motifs is 1. The molecule has 1 N–H and O–H groups in total. The number of H-pyrrole nitrogens is 1. The third-order valence-electron chi connectivity index (χ3n) is 5.24. The minimum atomic E-state index is -0.401. The number of aromatic amines is 1. The number of carbonyl (C=O) groups is 1. The third-order valence-corrected chi connectivity index (χ3v) is 5.24. The van der Waals surface area contributed by atoms with Crippen LogP contribution in [0.5, 0.6) is 5.75 Å². The van der Waals surface area contributed by atoms with E-state index in [0.29, 0.717) is 5.92 Å². The van der Waals surface area contributed by atoms with Gasteiger partial charge in [0.25, 0.3) is 5.91 Å². The fourth-order valence-electron chi connectivity index (χ4n) is 3.88. The van der Waals surface area contributed by atoms with E-state index in [0.717, 1.165) is 48.6 Å². The average molecular weight is 325 g/mol. The Bertz CT molecular complexity index is 755. The number of ether oxygens (including phenoxy) is 1. The molecule has 0 radical (unpaired) electrons. The molecule has 0 aliphatic carbocycles. The zero-order chi connectivity index (χ0) is 16.7. The molecule has 5 nitrogen and oxygen atoms in total. The Morgan fingerprint density at radius 3 is 2.96 bits per heavy atom. The number of para-hydroxylation sites is 1. The van der Waals surface area contributed by atoms with E-state index in [4.69, 9.17) is 4.74 Å². The third kappa shape index (κ3) is 2.58. The molecule has 2 aliphatic heterocycles. The van der Waals surface area contributed by atoms with Crippen molar-refractivity contribution in [3.05, 3.63) is 47.3 Å². The van der Waals surface area contributed by atoms with Crippen molar-refractivity contribution in [3.8, 4) is 5.75 Å². The first-order chi connectivity index (χ1) is 11.6. The number of benzene rings is 1. The minimum absolute atomic E-state index is 0.0988. The van der Waals surface area contributed by atoms with E-state index in [1.54, 1.807) is 0 Å². The van der Waals surface area contributed by atoms with Crippen LogP contribution in [0.2, 0.25) is 0 Å². The molecule has 3 atom stereocenters. The second-order valence-electron chi connectivity index (χ2n) is 6.96. The summed E-state index contributed by atoms with van der Waals surface area (Å²) in [6, 6.07) is 10.0. The summed E-state index contributed by atoms with van der Waals surface area (Å²) in [6.45, 7) is 5.62. The minimum Gasteiger partial charge on any atom is -0.480 e. The van der Waals surface area contributed by atoms with Gasteiger partial charge in [-0.05, 0) is 31.9 Å². The largest absolute Gasteiger partial charge is 0.480 e. The highest BCUT2D eigenvalue weighted by Gasteiger charge is 2.39. The number of nitrogens with zero attached hydrogens (tertiary/aromatic N) is 2. The first-order valence-corrected chi connectivity index (χ1v) is 8.70. The normalized spacial score (nSPS) is 26.1. The van der Waals surface area contributed by atoms with Crippen LogP contribution in [0.1, 0.15) is 48.6 Å². The first kappa shape index (κ1) is 15.2. The molecule has 0 bridgehead atoms. The van der Waals surface area contributed by atoms with Crippen molar-refractivity contribution in [1.82, 2.24) is 15.1 Å². The summed E-state index contributed by atoms with van der Waals surface area (Å²) in [6.07, 6.45) is 1.69. The van der Waals surface area contributed by atoms with Gasteiger partial charge in [0.05, 0.1) is 5.69 Å². The van der Waals surface area contributed by atoms with Gasteiger partial charge in [0, 0.05) is 36.2 Å². The number of hydrogen-bond acceptors (Lipinski definition) is 3. The lowest BCUT2D eigenvalue weighted by Gasteiger charge is -2.34. The summed E-state index contributed by atoms with van der Waals surface area (Å²) < 4.78 is 5.97. The van der Waals surface area contributed by atoms with E-state index >= 15 is 0 Å². The summed E-state index contributed by atoms with van der Waals surface area (Å²) in [5.74, 6) is 1.36. The van der Waals surface area contributed by atoms with E-state index in [2.05, 4.69) is 29.3 Å². The van der Waals surface area contributed by atoms with Crippen LogP contribution in [-0.2, 0) is 4.79 Å². The van der Waals surface area contributed by atoms with Crippen molar-refractivity contribution in [2.75, 3.05) is 13.1 Å². The summed E-state index contributed by atoms with van der Waals surface area (Å²) in [5.41, 5.74) is 3.26. The van der Waals surface area contributed by atoms with Crippen LogP contribution in [0.15, 0.2) is 30.3 Å². The molecule has 3 heterocycles. The molecule has 0 spiro atoms. The van der Waals surface area contributed by atoms with Crippen LogP contribution in [-0.4, -0.2) is 40.2 Å². The predicted molar refractivity (Wildman–Crippen MR) is 91.2 cm³/mol. The topological polar surface area (TPSA) is 58.2 Å². The van der Waals surface area contributed by atoms with Gasteiger partial charge in [0.15, 0.2) is 6.10 Å². The van der Waals surface area contributed by atoms with Crippen molar-refractivity contribution < 1.29 is 9.53 Å². The van der Waals surface area contributed by atoms with Crippen LogP contribution in [0.3, 0.4) is 0 Å². The Morgan fingerprint density at radius 1 is 1.38 bits per heavy atom. The Kier molecular flexibility index (Phi) is 3.79. The SMILES string of the molecule is Cc1cc([C@@H]2CCCN(C(=O)[C@@H]3Oc4ccccc4[C@H]3C)C2)n[nH]1. The molecule has 1 fully saturated rings. The Labute approximate surface area is 142 Å². The van der Waals surface area contributed by atoms with Gasteiger partial charge in [-0.15, -0.1) is 0 Å². The lowest BCUT2D eigenvalue weighted by atomic mass is 9.92. The second kappa shape index (κ2) is 5.96. The van der Waals surface area contributed by atoms with Crippen LogP contribution in [0.25, 0.3) is 0 Å². The zero-order valence-electron chi connectivity index (χ0n) is 14.2. The zero-order valence-corrected chi connectivity index (χ0v) is 14.2. The number of aryl methyl sites for hydroxylation is 1. The molecule has 5 heteroatoms. The number of piperidine rings is 1. The number of nitrogens with one attached hydrogen (secondary N) is 1. The lowest BCUT2D eigenvalue weighted by molar-refractivity contribution is -0.140. The molecular formula is C19H23N3O2. The van der Waals surface area contributed by atoms with Crippen LogP contribution >= 0.6 is 0 Å². The lowest BCUT2D eigenvalue weighted by Crippen LogP contribution is -2.46. The van der Waals surface area contributed by atoms with Crippen molar-refractivity contribution in [2.45, 2.75) is 44.6 Å². The number of hydrogen-bond donors (Lipinski definition) is 1. The molecule has 1 amide bonds. The molecule has 1 aromatic carbocycles. The average Bonchev–Trinajstić information content (AvgIpc) is 3.19. The Balaban J connectivity index is 1.49. The van der Waals surface area contributed by atoms with Crippen molar-refractivity contribution in [1.29, 1.82) is 0 Å². The maximum Gasteiger partial charge on any atom is 0.264 e. The number of aromatic nitrogens is 2. The first-order valence-electron chi connectivity index (χ1n) is 8.70. The number of amides is 1. The molecule has 1 saturated heterocycles. The van der Waals surface area contributed by atoms with E-state index < -0.39 is 6.10 Å². The fraction of sp³-hybridized carbons (Fsp3) is 0.474. The maximum absolute atomic E-state index is 13.0. The molecule has 0 saturated carbocycles. The highest BCUT2D eigenvalue weighted by atomic mass is 16.5. The Hall–Kier alpha value is -2.30. The molecule has 4 rings (SSSR count). The second-order valence-corrected chi connectivity index (χ2v) is 6.96. The van der Waals surface area contributed by atoms with E-state index in [1.165, 1.54) is 0 Å². The number of carbonyl (C=O) groups excluding carboxylic acids is 1. The monoisotopic (exact) mass is 325 g/mol. The maximum atomic E-state index is 13.0. The molecule has 24 heavy (non-hydrogen) atoms. The molecule has 1 aromatic heterocycles. The van der Waals surface area contributed by atoms with Gasteiger partial charge in [0.2, 0.25) is 0 Å². The quantitative estimate of drug-likeness (QED) is 0.923. The molecule has 2 aromatic rings. The summed E-state index contributed by atoms with van der Waals surface area (Å²) >= 11 is 0. The van der Waals surface area contributed by atoms with Crippen LogP contribution in [0, 0.1) is 6.92 Å². The predicted octanol–water partition coefficient (Wildman–Crippen LogP) is 2.99. The highest BCUT2D eigenvalue weighted by Crippen LogP contribution is 2.39. The summed E-state index contributed by atoms with van der Waals surface area (Å²) in [5, 5.41) is 7.39. The van der Waals surface area contributed by atoms with Gasteiger partial charge >= 0.3 is 0 Å². The van der Waals surface area contributed by atoms with Gasteiger partial charge in [-0.1, -0.05) is 25.1 Å².